The summed E-state index contributed by atoms with van der Waals surface area (Å²) in [4.78, 5) is 3.13. The van der Waals surface area contributed by atoms with Crippen molar-refractivity contribution in [2.24, 2.45) is 0 Å². The van der Waals surface area contributed by atoms with E-state index in [0.717, 1.165) is 0 Å². The Morgan fingerprint density at radius 1 is 0.722 bits per heavy atom. The Morgan fingerprint density at radius 2 is 1.28 bits per heavy atom. The van der Waals surface area contributed by atoms with E-state index in [1.807, 2.05) is 0 Å². The van der Waals surface area contributed by atoms with E-state index < -0.39 is 34.6 Å². The zero-order chi connectivity index (χ0) is 13.3. The Bertz CT molecular complexity index is 583. The number of hydrogen-bond donors (Lipinski definition) is 0. The van der Waals surface area contributed by atoms with Crippen LogP contribution in [-0.4, -0.2) is 0 Å². The Hall–Kier alpha value is -2.11. The third-order valence-corrected chi connectivity index (χ3v) is 2.36. The minimum absolute atomic E-state index is 0.0412. The van der Waals surface area contributed by atoms with Gasteiger partial charge < -0.3 is 0 Å². The van der Waals surface area contributed by atoms with Gasteiger partial charge >= 0.3 is 0 Å². The monoisotopic (exact) mass is 260 g/mol. The second kappa shape index (κ2) is 4.64. The molecule has 0 amide bonds. The molecule has 2 rings (SSSR count). The number of halogens is 5. The SMILES string of the molecule is FOc1c(F)c(F)c(F)c(F)c1-c1ccccc1. The molecule has 0 aliphatic heterocycles. The van der Waals surface area contributed by atoms with Crippen LogP contribution in [0.3, 0.4) is 0 Å². The van der Waals surface area contributed by atoms with Crippen LogP contribution in [0.25, 0.3) is 11.1 Å². The Kier molecular flexibility index (Phi) is 3.18. The molecule has 6 heteroatoms. The molecule has 2 aromatic carbocycles. The van der Waals surface area contributed by atoms with Crippen molar-refractivity contribution >= 4 is 0 Å². The zero-order valence-corrected chi connectivity index (χ0v) is 8.68. The van der Waals surface area contributed by atoms with Crippen LogP contribution in [0.15, 0.2) is 30.3 Å². The lowest BCUT2D eigenvalue weighted by Gasteiger charge is -2.09. The third kappa shape index (κ3) is 1.79. The molecule has 94 valence electrons. The van der Waals surface area contributed by atoms with E-state index in [0.29, 0.717) is 0 Å². The van der Waals surface area contributed by atoms with Crippen molar-refractivity contribution in [1.82, 2.24) is 0 Å². The number of hydrogen-bond acceptors (Lipinski definition) is 1. The first-order chi connectivity index (χ1) is 8.57. The summed E-state index contributed by atoms with van der Waals surface area (Å²) in [5.41, 5.74) is -0.852. The van der Waals surface area contributed by atoms with Crippen LogP contribution in [0.5, 0.6) is 5.75 Å². The highest BCUT2D eigenvalue weighted by Crippen LogP contribution is 2.38. The van der Waals surface area contributed by atoms with E-state index in [2.05, 4.69) is 4.94 Å². The summed E-state index contributed by atoms with van der Waals surface area (Å²) in [6.45, 7) is 0. The van der Waals surface area contributed by atoms with Gasteiger partial charge in [0.15, 0.2) is 11.6 Å². The molecule has 0 heterocycles. The van der Waals surface area contributed by atoms with E-state index in [9.17, 15) is 22.1 Å². The van der Waals surface area contributed by atoms with Gasteiger partial charge in [-0.15, -0.1) is 0 Å². The molecule has 0 radical (unpaired) electrons. The predicted molar refractivity (Wildman–Crippen MR) is 53.4 cm³/mol. The van der Waals surface area contributed by atoms with Crippen molar-refractivity contribution in [2.75, 3.05) is 0 Å². The molecule has 0 aliphatic carbocycles. The van der Waals surface area contributed by atoms with Crippen LogP contribution in [0.1, 0.15) is 0 Å². The van der Waals surface area contributed by atoms with Gasteiger partial charge in [-0.2, -0.15) is 4.39 Å². The van der Waals surface area contributed by atoms with Crippen molar-refractivity contribution in [1.29, 1.82) is 0 Å². The molecule has 0 saturated heterocycles. The van der Waals surface area contributed by atoms with Gasteiger partial charge in [0.05, 0.1) is 5.56 Å². The minimum Gasteiger partial charge on any atom is -0.290 e. The van der Waals surface area contributed by atoms with Crippen molar-refractivity contribution in [3.8, 4) is 16.9 Å². The van der Waals surface area contributed by atoms with Crippen molar-refractivity contribution in [3.63, 3.8) is 0 Å². The topological polar surface area (TPSA) is 9.23 Å². The Labute approximate surface area is 98.3 Å². The van der Waals surface area contributed by atoms with Gasteiger partial charge in [-0.3, -0.25) is 4.94 Å². The van der Waals surface area contributed by atoms with E-state index >= 15 is 0 Å². The third-order valence-electron chi connectivity index (χ3n) is 2.36. The molecule has 0 saturated carbocycles. The van der Waals surface area contributed by atoms with Gasteiger partial charge in [0, 0.05) is 4.53 Å². The highest BCUT2D eigenvalue weighted by Gasteiger charge is 2.28. The first-order valence-corrected chi connectivity index (χ1v) is 4.78. The molecule has 0 atom stereocenters. The summed E-state index contributed by atoms with van der Waals surface area (Å²) in [6, 6.07) is 6.99. The summed E-state index contributed by atoms with van der Waals surface area (Å²) < 4.78 is 65.0. The maximum atomic E-state index is 13.5. The minimum atomic E-state index is -2.13. The van der Waals surface area contributed by atoms with E-state index in [1.54, 1.807) is 6.07 Å². The lowest BCUT2D eigenvalue weighted by Crippen LogP contribution is -2.02. The lowest BCUT2D eigenvalue weighted by molar-refractivity contribution is -0.0112. The fourth-order valence-corrected chi connectivity index (χ4v) is 1.55. The summed E-state index contributed by atoms with van der Waals surface area (Å²) in [5, 5.41) is 0. The molecule has 0 unspecified atom stereocenters. The second-order valence-electron chi connectivity index (χ2n) is 3.40. The van der Waals surface area contributed by atoms with E-state index in [4.69, 9.17) is 0 Å². The van der Waals surface area contributed by atoms with E-state index in [1.165, 1.54) is 24.3 Å². The van der Waals surface area contributed by atoms with Crippen molar-refractivity contribution < 1.29 is 27.0 Å². The van der Waals surface area contributed by atoms with Crippen LogP contribution >= 0.6 is 0 Å². The average Bonchev–Trinajstić information content (AvgIpc) is 2.41. The highest BCUT2D eigenvalue weighted by atomic mass is 19.3. The molecule has 0 fully saturated rings. The quantitative estimate of drug-likeness (QED) is 0.447. The molecular formula is C12H5F5O. The standard InChI is InChI=1S/C12H5F5O/c13-8-7(6-4-2-1-3-5-6)12(18-17)11(16)10(15)9(8)14/h1-5H. The van der Waals surface area contributed by atoms with Crippen molar-refractivity contribution in [2.45, 2.75) is 0 Å². The van der Waals surface area contributed by atoms with Gasteiger partial charge in [-0.05, 0) is 5.56 Å². The summed E-state index contributed by atoms with van der Waals surface area (Å²) in [6.07, 6.45) is 0. The molecule has 0 N–H and O–H groups in total. The predicted octanol–water partition coefficient (Wildman–Crippen LogP) is 4.17. The highest BCUT2D eigenvalue weighted by molar-refractivity contribution is 5.71. The molecule has 0 aliphatic rings. The fraction of sp³-hybridized carbons (Fsp3) is 0. The summed E-state index contributed by atoms with van der Waals surface area (Å²) in [5.74, 6) is -9.10. The van der Waals surface area contributed by atoms with Gasteiger partial charge in [-0.1, -0.05) is 30.3 Å². The Morgan fingerprint density at radius 3 is 1.83 bits per heavy atom. The maximum Gasteiger partial charge on any atom is 0.221 e. The normalized spacial score (nSPS) is 10.5. The van der Waals surface area contributed by atoms with Crippen LogP contribution in [0.4, 0.5) is 22.1 Å². The van der Waals surface area contributed by atoms with Crippen LogP contribution in [-0.2, 0) is 0 Å². The molecule has 18 heavy (non-hydrogen) atoms. The van der Waals surface area contributed by atoms with Crippen LogP contribution < -0.4 is 4.94 Å². The first-order valence-electron chi connectivity index (χ1n) is 4.78. The molecule has 0 spiro atoms. The molecular weight excluding hydrogens is 255 g/mol. The molecule has 0 bridgehead atoms. The Balaban J connectivity index is 2.82. The van der Waals surface area contributed by atoms with Gasteiger partial charge in [0.1, 0.15) is 0 Å². The number of benzene rings is 2. The van der Waals surface area contributed by atoms with Crippen LogP contribution in [0.2, 0.25) is 0 Å². The van der Waals surface area contributed by atoms with Gasteiger partial charge in [0.2, 0.25) is 17.4 Å². The van der Waals surface area contributed by atoms with Crippen LogP contribution in [0, 0.1) is 23.3 Å². The summed E-state index contributed by atoms with van der Waals surface area (Å²) in [7, 11) is 0. The molecule has 0 aromatic heterocycles. The maximum absolute atomic E-state index is 13.5. The first kappa shape index (κ1) is 12.3. The van der Waals surface area contributed by atoms with Crippen molar-refractivity contribution in [3.05, 3.63) is 53.6 Å². The summed E-state index contributed by atoms with van der Waals surface area (Å²) >= 11 is 0. The van der Waals surface area contributed by atoms with Gasteiger partial charge in [0.25, 0.3) is 0 Å². The molecule has 2 aromatic rings. The largest absolute Gasteiger partial charge is 0.290 e. The number of rotatable bonds is 2. The fourth-order valence-electron chi connectivity index (χ4n) is 1.55. The average molecular weight is 260 g/mol. The second-order valence-corrected chi connectivity index (χ2v) is 3.40. The molecule has 1 nitrogen and oxygen atoms in total. The lowest BCUT2D eigenvalue weighted by atomic mass is 10.0. The smallest absolute Gasteiger partial charge is 0.221 e. The zero-order valence-electron chi connectivity index (χ0n) is 8.68. The van der Waals surface area contributed by atoms with Gasteiger partial charge in [-0.25, -0.2) is 13.2 Å². The van der Waals surface area contributed by atoms with E-state index in [-0.39, 0.29) is 5.56 Å².